The molecule has 3 aromatic rings. The van der Waals surface area contributed by atoms with E-state index in [0.717, 1.165) is 11.4 Å². The highest BCUT2D eigenvalue weighted by Crippen LogP contribution is 2.24. The van der Waals surface area contributed by atoms with Crippen molar-refractivity contribution < 1.29 is 9.53 Å². The fourth-order valence-corrected chi connectivity index (χ4v) is 3.02. The number of rotatable bonds is 7. The van der Waals surface area contributed by atoms with Crippen LogP contribution in [0.4, 0.5) is 5.82 Å². The summed E-state index contributed by atoms with van der Waals surface area (Å²) in [6.07, 6.45) is 6.72. The van der Waals surface area contributed by atoms with Gasteiger partial charge in [0.2, 0.25) is 11.8 Å². The number of carbonyl (C=O) groups is 1. The predicted molar refractivity (Wildman–Crippen MR) is 102 cm³/mol. The van der Waals surface area contributed by atoms with Crippen LogP contribution in [-0.2, 0) is 11.3 Å². The van der Waals surface area contributed by atoms with E-state index < -0.39 is 0 Å². The smallest absolute Gasteiger partial charge is 0.226 e. The Labute approximate surface area is 162 Å². The van der Waals surface area contributed by atoms with Crippen LogP contribution in [0, 0.1) is 5.92 Å². The quantitative estimate of drug-likeness (QED) is 0.659. The van der Waals surface area contributed by atoms with E-state index in [2.05, 4.69) is 30.3 Å². The number of amides is 1. The van der Waals surface area contributed by atoms with E-state index in [4.69, 9.17) is 4.74 Å². The molecule has 0 atom stereocenters. The van der Waals surface area contributed by atoms with Gasteiger partial charge in [-0.3, -0.25) is 4.79 Å². The maximum absolute atomic E-state index is 12.5. The van der Waals surface area contributed by atoms with E-state index >= 15 is 0 Å². The van der Waals surface area contributed by atoms with Crippen molar-refractivity contribution in [3.05, 3.63) is 54.7 Å². The molecule has 1 saturated heterocycles. The topological polar surface area (TPSA) is 98.1 Å². The monoisotopic (exact) mass is 379 g/mol. The van der Waals surface area contributed by atoms with Crippen molar-refractivity contribution in [1.29, 1.82) is 0 Å². The van der Waals surface area contributed by atoms with E-state index in [-0.39, 0.29) is 11.8 Å². The van der Waals surface area contributed by atoms with Crippen molar-refractivity contribution in [2.45, 2.75) is 13.5 Å². The molecule has 0 radical (unpaired) electrons. The van der Waals surface area contributed by atoms with Gasteiger partial charge in [0.15, 0.2) is 5.82 Å². The summed E-state index contributed by atoms with van der Waals surface area (Å²) in [6.45, 7) is 4.08. The summed E-state index contributed by atoms with van der Waals surface area (Å²) in [5.74, 6) is 1.99. The Balaban J connectivity index is 1.32. The third-order valence-corrected chi connectivity index (χ3v) is 4.54. The largest absolute Gasteiger partial charge is 0.478 e. The second kappa shape index (κ2) is 8.03. The van der Waals surface area contributed by atoms with Crippen LogP contribution >= 0.6 is 0 Å². The second-order valence-electron chi connectivity index (χ2n) is 6.41. The van der Waals surface area contributed by atoms with Gasteiger partial charge in [-0.1, -0.05) is 6.07 Å². The maximum Gasteiger partial charge on any atom is 0.226 e. The van der Waals surface area contributed by atoms with Crippen molar-refractivity contribution in [1.82, 2.24) is 30.0 Å². The molecule has 1 aliphatic heterocycles. The molecular weight excluding hydrogens is 358 g/mol. The first kappa shape index (κ1) is 17.9. The SMILES string of the molecule is CCOc1ncccc1CNC(=O)C1CN(c2cc(-n3cccn3)ncn2)C1. The van der Waals surface area contributed by atoms with Gasteiger partial charge in [-0.25, -0.2) is 19.6 Å². The van der Waals surface area contributed by atoms with Gasteiger partial charge >= 0.3 is 0 Å². The minimum atomic E-state index is -0.0738. The Kier molecular flexibility index (Phi) is 5.14. The Morgan fingerprint density at radius 2 is 2.07 bits per heavy atom. The number of anilines is 1. The third-order valence-electron chi connectivity index (χ3n) is 4.54. The molecule has 4 rings (SSSR count). The summed E-state index contributed by atoms with van der Waals surface area (Å²) in [5, 5.41) is 7.15. The van der Waals surface area contributed by atoms with Crippen LogP contribution in [0.25, 0.3) is 5.82 Å². The number of ether oxygens (including phenoxy) is 1. The zero-order chi connectivity index (χ0) is 19.3. The fourth-order valence-electron chi connectivity index (χ4n) is 3.02. The summed E-state index contributed by atoms with van der Waals surface area (Å²) in [6, 6.07) is 7.45. The fraction of sp³-hybridized carbons (Fsp3) is 0.316. The van der Waals surface area contributed by atoms with Crippen molar-refractivity contribution in [3.63, 3.8) is 0 Å². The van der Waals surface area contributed by atoms with E-state index in [1.54, 1.807) is 17.1 Å². The van der Waals surface area contributed by atoms with Crippen molar-refractivity contribution in [2.24, 2.45) is 5.92 Å². The molecule has 0 aromatic carbocycles. The molecule has 28 heavy (non-hydrogen) atoms. The molecule has 1 N–H and O–H groups in total. The highest BCUT2D eigenvalue weighted by atomic mass is 16.5. The number of hydrogen-bond donors (Lipinski definition) is 1. The summed E-state index contributed by atoms with van der Waals surface area (Å²) in [4.78, 5) is 27.2. The summed E-state index contributed by atoms with van der Waals surface area (Å²) in [5.41, 5.74) is 0.869. The molecule has 0 saturated carbocycles. The first-order valence-corrected chi connectivity index (χ1v) is 9.16. The number of carbonyl (C=O) groups excluding carboxylic acids is 1. The summed E-state index contributed by atoms with van der Waals surface area (Å²) >= 11 is 0. The first-order chi connectivity index (χ1) is 13.7. The Bertz CT molecular complexity index is 939. The van der Waals surface area contributed by atoms with Crippen LogP contribution in [0.5, 0.6) is 5.88 Å². The number of pyridine rings is 1. The molecule has 3 aromatic heterocycles. The zero-order valence-electron chi connectivity index (χ0n) is 15.5. The van der Waals surface area contributed by atoms with Crippen LogP contribution in [0.15, 0.2) is 49.2 Å². The molecule has 0 unspecified atom stereocenters. The number of nitrogens with zero attached hydrogens (tertiary/aromatic N) is 6. The van der Waals surface area contributed by atoms with E-state index in [0.29, 0.717) is 37.9 Å². The highest BCUT2D eigenvalue weighted by molar-refractivity contribution is 5.81. The van der Waals surface area contributed by atoms with Crippen LogP contribution in [0.3, 0.4) is 0 Å². The number of hydrogen-bond acceptors (Lipinski definition) is 7. The minimum Gasteiger partial charge on any atom is -0.478 e. The number of nitrogens with one attached hydrogen (secondary N) is 1. The molecule has 4 heterocycles. The van der Waals surface area contributed by atoms with Gasteiger partial charge in [-0.05, 0) is 19.1 Å². The van der Waals surface area contributed by atoms with Crippen molar-refractivity contribution >= 4 is 11.7 Å². The van der Waals surface area contributed by atoms with Gasteiger partial charge in [-0.2, -0.15) is 5.10 Å². The lowest BCUT2D eigenvalue weighted by atomic mass is 9.99. The minimum absolute atomic E-state index is 0.0175. The molecule has 144 valence electrons. The Hall–Kier alpha value is -3.49. The molecule has 9 nitrogen and oxygen atoms in total. The molecule has 1 aliphatic rings. The highest BCUT2D eigenvalue weighted by Gasteiger charge is 2.33. The third kappa shape index (κ3) is 3.78. The van der Waals surface area contributed by atoms with E-state index in [1.165, 1.54) is 6.33 Å². The predicted octanol–water partition coefficient (Wildman–Crippen LogP) is 1.21. The lowest BCUT2D eigenvalue weighted by Crippen LogP contribution is -2.54. The molecule has 1 amide bonds. The van der Waals surface area contributed by atoms with Crippen LogP contribution in [0.2, 0.25) is 0 Å². The van der Waals surface area contributed by atoms with Gasteiger partial charge in [0, 0.05) is 49.9 Å². The second-order valence-corrected chi connectivity index (χ2v) is 6.41. The average Bonchev–Trinajstić information content (AvgIpc) is 3.22. The Morgan fingerprint density at radius 3 is 2.86 bits per heavy atom. The lowest BCUT2D eigenvalue weighted by molar-refractivity contribution is -0.125. The van der Waals surface area contributed by atoms with Crippen LogP contribution < -0.4 is 15.0 Å². The molecular formula is C19H21N7O2. The average molecular weight is 379 g/mol. The van der Waals surface area contributed by atoms with Gasteiger partial charge in [-0.15, -0.1) is 0 Å². The van der Waals surface area contributed by atoms with Crippen LogP contribution in [-0.4, -0.2) is 50.3 Å². The zero-order valence-corrected chi connectivity index (χ0v) is 15.5. The first-order valence-electron chi connectivity index (χ1n) is 9.16. The normalized spacial score (nSPS) is 13.8. The summed E-state index contributed by atoms with van der Waals surface area (Å²) in [7, 11) is 0. The molecule has 0 bridgehead atoms. The molecule has 1 fully saturated rings. The lowest BCUT2D eigenvalue weighted by Gasteiger charge is -2.39. The van der Waals surface area contributed by atoms with Gasteiger partial charge in [0.1, 0.15) is 12.1 Å². The van der Waals surface area contributed by atoms with Gasteiger partial charge in [0.05, 0.1) is 12.5 Å². The van der Waals surface area contributed by atoms with E-state index in [9.17, 15) is 4.79 Å². The summed E-state index contributed by atoms with van der Waals surface area (Å²) < 4.78 is 7.17. The molecule has 0 aliphatic carbocycles. The van der Waals surface area contributed by atoms with Gasteiger partial charge < -0.3 is 15.0 Å². The standard InChI is InChI=1S/C19H21N7O2/c1-2-28-19-14(5-3-6-20-19)10-21-18(27)15-11-25(12-15)16-9-17(23-13-22-16)26-8-4-7-24-26/h3-9,13,15H,2,10-12H2,1H3,(H,21,27). The maximum atomic E-state index is 12.5. The van der Waals surface area contributed by atoms with Crippen molar-refractivity contribution in [2.75, 3.05) is 24.6 Å². The molecule has 0 spiro atoms. The van der Waals surface area contributed by atoms with Gasteiger partial charge in [0.25, 0.3) is 0 Å². The van der Waals surface area contributed by atoms with Crippen LogP contribution in [0.1, 0.15) is 12.5 Å². The number of aromatic nitrogens is 5. The molecule has 9 heteroatoms. The Morgan fingerprint density at radius 1 is 1.21 bits per heavy atom. The van der Waals surface area contributed by atoms with Crippen molar-refractivity contribution in [3.8, 4) is 11.7 Å². The van der Waals surface area contributed by atoms with E-state index in [1.807, 2.05) is 37.4 Å².